The molecule has 1 aliphatic rings. The van der Waals surface area contributed by atoms with Crippen molar-refractivity contribution >= 4 is 44.3 Å². The van der Waals surface area contributed by atoms with Crippen molar-refractivity contribution in [3.63, 3.8) is 0 Å². The summed E-state index contributed by atoms with van der Waals surface area (Å²) in [6.45, 7) is 3.72. The topological polar surface area (TPSA) is 69.6 Å². The number of hydrogen-bond donors (Lipinski definition) is 2. The Balaban J connectivity index is 2.48. The molecule has 0 saturated carbocycles. The fourth-order valence-electron chi connectivity index (χ4n) is 1.71. The number of anilines is 1. The van der Waals surface area contributed by atoms with E-state index in [0.717, 1.165) is 24.8 Å². The van der Waals surface area contributed by atoms with Crippen LogP contribution in [0.25, 0.3) is 0 Å². The van der Waals surface area contributed by atoms with Crippen LogP contribution in [-0.2, 0) is 11.3 Å². The summed E-state index contributed by atoms with van der Waals surface area (Å²) in [4.78, 5) is 25.1. The summed E-state index contributed by atoms with van der Waals surface area (Å²) in [5.41, 5.74) is 0.826. The van der Waals surface area contributed by atoms with Crippen LogP contribution in [0.4, 0.5) is 9.80 Å². The molecule has 17 heavy (non-hydrogen) atoms. The number of nitrogens with zero attached hydrogens (tertiary/aromatic N) is 1. The van der Waals surface area contributed by atoms with Gasteiger partial charge in [0.15, 0.2) is 0 Å². The van der Waals surface area contributed by atoms with Gasteiger partial charge in [-0.3, -0.25) is 9.69 Å². The van der Waals surface area contributed by atoms with Gasteiger partial charge in [-0.25, -0.2) is 4.79 Å². The highest BCUT2D eigenvalue weighted by molar-refractivity contribution is 9.10. The molecule has 0 saturated heterocycles. The van der Waals surface area contributed by atoms with Crippen molar-refractivity contribution in [2.24, 2.45) is 0 Å². The number of halogens is 1. The molecule has 2 heterocycles. The summed E-state index contributed by atoms with van der Waals surface area (Å²) >= 11 is 4.88. The summed E-state index contributed by atoms with van der Waals surface area (Å²) in [6, 6.07) is -0.681. The molecule has 5 nitrogen and oxygen atoms in total. The lowest BCUT2D eigenvalue weighted by Gasteiger charge is -2.22. The van der Waals surface area contributed by atoms with Gasteiger partial charge < -0.3 is 10.4 Å². The van der Waals surface area contributed by atoms with Crippen LogP contribution in [0.3, 0.4) is 0 Å². The molecule has 1 aromatic heterocycles. The molecule has 1 aromatic rings. The number of rotatable bonds is 0. The number of thiophene rings is 1. The molecular weight excluding hydrogens is 308 g/mol. The zero-order chi connectivity index (χ0) is 12.7. The van der Waals surface area contributed by atoms with Gasteiger partial charge in [0, 0.05) is 14.9 Å². The van der Waals surface area contributed by atoms with Crippen molar-refractivity contribution in [2.75, 3.05) is 5.32 Å². The number of aryl methyl sites for hydroxylation is 1. The smallest absolute Gasteiger partial charge is 0.408 e. The summed E-state index contributed by atoms with van der Waals surface area (Å²) < 4.78 is 0.873. The van der Waals surface area contributed by atoms with E-state index in [2.05, 4.69) is 21.2 Å². The Morgan fingerprint density at radius 3 is 2.88 bits per heavy atom. The lowest BCUT2D eigenvalue weighted by atomic mass is 10.2. The Kier molecular flexibility index (Phi) is 3.13. The summed E-state index contributed by atoms with van der Waals surface area (Å²) in [6.07, 6.45) is -1.09. The van der Waals surface area contributed by atoms with E-state index in [9.17, 15) is 9.59 Å². The molecule has 1 atom stereocenters. The van der Waals surface area contributed by atoms with Crippen molar-refractivity contribution in [1.82, 2.24) is 4.90 Å². The molecule has 0 aromatic carbocycles. The van der Waals surface area contributed by atoms with Gasteiger partial charge in [-0.15, -0.1) is 11.3 Å². The quantitative estimate of drug-likeness (QED) is 0.772. The number of hydrogen-bond acceptors (Lipinski definition) is 3. The van der Waals surface area contributed by atoms with Crippen molar-refractivity contribution in [3.05, 3.63) is 14.9 Å². The Hall–Kier alpha value is -1.08. The van der Waals surface area contributed by atoms with Gasteiger partial charge in [-0.1, -0.05) is 0 Å². The molecular formula is C10H11BrN2O3S. The van der Waals surface area contributed by atoms with Gasteiger partial charge in [-0.2, -0.15) is 0 Å². The molecule has 0 bridgehead atoms. The molecule has 2 N–H and O–H groups in total. The number of fused-ring (bicyclic) bond motifs is 1. The second kappa shape index (κ2) is 4.30. The largest absolute Gasteiger partial charge is 0.465 e. The number of nitrogens with one attached hydrogen (secondary N) is 1. The van der Waals surface area contributed by atoms with Crippen LogP contribution in [0.1, 0.15) is 17.4 Å². The van der Waals surface area contributed by atoms with Crippen LogP contribution < -0.4 is 5.32 Å². The third kappa shape index (κ3) is 2.04. The van der Waals surface area contributed by atoms with Gasteiger partial charge in [0.25, 0.3) is 0 Å². The van der Waals surface area contributed by atoms with E-state index in [4.69, 9.17) is 5.11 Å². The second-order valence-electron chi connectivity index (χ2n) is 3.86. The zero-order valence-corrected chi connectivity index (χ0v) is 11.7. The normalized spacial score (nSPS) is 19.6. The number of amides is 2. The third-order valence-corrected chi connectivity index (χ3v) is 5.16. The first kappa shape index (κ1) is 12.4. The molecule has 1 aliphatic heterocycles. The first-order valence-electron chi connectivity index (χ1n) is 5.00. The van der Waals surface area contributed by atoms with Crippen LogP contribution in [0, 0.1) is 6.92 Å². The van der Waals surface area contributed by atoms with Gasteiger partial charge >= 0.3 is 6.09 Å². The minimum absolute atomic E-state index is 0.218. The minimum Gasteiger partial charge on any atom is -0.465 e. The summed E-state index contributed by atoms with van der Waals surface area (Å²) in [5.74, 6) is -0.292. The molecule has 7 heteroatoms. The maximum Gasteiger partial charge on any atom is 0.408 e. The molecule has 2 amide bonds. The van der Waals surface area contributed by atoms with Gasteiger partial charge in [-0.05, 0) is 29.8 Å². The highest BCUT2D eigenvalue weighted by Crippen LogP contribution is 2.39. The fourth-order valence-corrected chi connectivity index (χ4v) is 3.37. The molecule has 0 fully saturated rings. The van der Waals surface area contributed by atoms with E-state index in [1.165, 1.54) is 11.3 Å². The summed E-state index contributed by atoms with van der Waals surface area (Å²) in [5, 5.41) is 12.6. The first-order valence-corrected chi connectivity index (χ1v) is 6.61. The lowest BCUT2D eigenvalue weighted by Crippen LogP contribution is -2.42. The van der Waals surface area contributed by atoms with Crippen LogP contribution in [0.5, 0.6) is 0 Å². The number of carbonyl (C=O) groups excluding carboxylic acids is 1. The minimum atomic E-state index is -1.09. The van der Waals surface area contributed by atoms with Gasteiger partial charge in [0.05, 0.1) is 6.54 Å². The Labute approximate surface area is 111 Å². The first-order chi connectivity index (χ1) is 7.91. The average Bonchev–Trinajstić information content (AvgIpc) is 2.42. The van der Waals surface area contributed by atoms with E-state index in [-0.39, 0.29) is 12.5 Å². The molecule has 0 unspecified atom stereocenters. The standard InChI is InChI=1S/C10H11BrN2O3S/c1-4-8(14)12-9-6(3-13(4)10(15)16)7(11)5(2)17-9/h4H,3H2,1-2H3,(H,12,14)(H,15,16)/t4-/m0/s1. The van der Waals surface area contributed by atoms with Crippen LogP contribution >= 0.6 is 27.3 Å². The van der Waals surface area contributed by atoms with E-state index < -0.39 is 12.1 Å². The number of carboxylic acid groups (broad SMARTS) is 1. The highest BCUT2D eigenvalue weighted by Gasteiger charge is 2.32. The predicted molar refractivity (Wildman–Crippen MR) is 68.4 cm³/mol. The third-order valence-electron chi connectivity index (χ3n) is 2.76. The second-order valence-corrected chi connectivity index (χ2v) is 5.87. The average molecular weight is 319 g/mol. The molecule has 0 radical (unpaired) electrons. The Morgan fingerprint density at radius 2 is 2.29 bits per heavy atom. The maximum absolute atomic E-state index is 11.8. The molecule has 2 rings (SSSR count). The molecule has 0 aliphatic carbocycles. The van der Waals surface area contributed by atoms with Gasteiger partial charge in [0.1, 0.15) is 11.0 Å². The van der Waals surface area contributed by atoms with Crippen molar-refractivity contribution < 1.29 is 14.7 Å². The van der Waals surface area contributed by atoms with Crippen molar-refractivity contribution in [3.8, 4) is 0 Å². The SMILES string of the molecule is Cc1sc2c(c1Br)CN(C(=O)O)[C@@H](C)C(=O)N2. The molecule has 0 spiro atoms. The number of carbonyl (C=O) groups is 2. The van der Waals surface area contributed by atoms with Crippen LogP contribution in [0.2, 0.25) is 0 Å². The van der Waals surface area contributed by atoms with E-state index in [0.29, 0.717) is 0 Å². The van der Waals surface area contributed by atoms with Crippen molar-refractivity contribution in [1.29, 1.82) is 0 Å². The monoisotopic (exact) mass is 318 g/mol. The van der Waals surface area contributed by atoms with E-state index in [1.807, 2.05) is 6.92 Å². The fraction of sp³-hybridized carbons (Fsp3) is 0.400. The van der Waals surface area contributed by atoms with Crippen molar-refractivity contribution in [2.45, 2.75) is 26.4 Å². The molecule has 92 valence electrons. The van der Waals surface area contributed by atoms with E-state index >= 15 is 0 Å². The van der Waals surface area contributed by atoms with E-state index in [1.54, 1.807) is 6.92 Å². The highest BCUT2D eigenvalue weighted by atomic mass is 79.9. The zero-order valence-electron chi connectivity index (χ0n) is 9.28. The maximum atomic E-state index is 11.8. The Morgan fingerprint density at radius 1 is 1.65 bits per heavy atom. The van der Waals surface area contributed by atoms with Gasteiger partial charge in [0.2, 0.25) is 5.91 Å². The van der Waals surface area contributed by atoms with Crippen LogP contribution in [-0.4, -0.2) is 28.0 Å². The lowest BCUT2D eigenvalue weighted by molar-refractivity contribution is -0.120. The Bertz CT molecular complexity index is 500. The predicted octanol–water partition coefficient (Wildman–Crippen LogP) is 2.64. The summed E-state index contributed by atoms with van der Waals surface area (Å²) in [7, 11) is 0. The van der Waals surface area contributed by atoms with Crippen LogP contribution in [0.15, 0.2) is 4.47 Å².